The van der Waals surface area contributed by atoms with Crippen LogP contribution in [0.5, 0.6) is 0 Å². The Hall–Kier alpha value is -0.870. The molecule has 1 saturated carbocycles. The Bertz CT molecular complexity index is 413. The topological polar surface area (TPSA) is 32.3 Å². The average Bonchev–Trinajstić information content (AvgIpc) is 2.89. The van der Waals surface area contributed by atoms with Crippen LogP contribution in [-0.2, 0) is 4.79 Å². The molecule has 0 bridgehead atoms. The third kappa shape index (κ3) is 2.19. The lowest BCUT2D eigenvalue weighted by Crippen LogP contribution is -2.33. The summed E-state index contributed by atoms with van der Waals surface area (Å²) in [4.78, 5) is 14.2. The van der Waals surface area contributed by atoms with Gasteiger partial charge in [-0.25, -0.2) is 0 Å². The van der Waals surface area contributed by atoms with Gasteiger partial charge in [0.2, 0.25) is 5.91 Å². The molecule has 1 amide bonds. The van der Waals surface area contributed by atoms with Crippen LogP contribution in [0.2, 0.25) is 0 Å². The molecule has 0 aromatic carbocycles. The molecule has 0 spiro atoms. The lowest BCUT2D eigenvalue weighted by Gasteiger charge is -2.30. The zero-order valence-electron chi connectivity index (χ0n) is 10.8. The summed E-state index contributed by atoms with van der Waals surface area (Å²) < 4.78 is 0. The third-order valence-corrected chi connectivity index (χ3v) is 4.94. The fraction of sp³-hybridized carbons (Fsp3) is 0.643. The summed E-state index contributed by atoms with van der Waals surface area (Å²) >= 11 is 1.69. The van der Waals surface area contributed by atoms with E-state index in [0.717, 1.165) is 12.5 Å². The summed E-state index contributed by atoms with van der Waals surface area (Å²) in [5, 5.41) is 7.62. The molecule has 1 aliphatic carbocycles. The summed E-state index contributed by atoms with van der Waals surface area (Å²) in [6.07, 6.45) is 5.35. The molecule has 1 aromatic heterocycles. The molecule has 1 aromatic rings. The minimum Gasteiger partial charge on any atom is -0.322 e. The lowest BCUT2D eigenvalue weighted by molar-refractivity contribution is -0.130. The molecule has 2 heterocycles. The number of hydrogen-bond donors (Lipinski definition) is 1. The van der Waals surface area contributed by atoms with Crippen molar-refractivity contribution in [2.75, 3.05) is 6.54 Å². The molecule has 0 radical (unpaired) electrons. The standard InChI is InChI=1S/C14H20N2OS/c1-10-14(17)16(7-5-11-3-2-4-11)13(15-10)12-6-8-18-9-12/h6,8-11,13,15H,2-5,7H2,1H3. The van der Waals surface area contributed by atoms with Crippen LogP contribution in [0.1, 0.15) is 44.3 Å². The molecular weight excluding hydrogens is 244 g/mol. The number of nitrogens with zero attached hydrogens (tertiary/aromatic N) is 1. The highest BCUT2D eigenvalue weighted by molar-refractivity contribution is 7.07. The number of carbonyl (C=O) groups is 1. The molecule has 3 nitrogen and oxygen atoms in total. The van der Waals surface area contributed by atoms with E-state index in [-0.39, 0.29) is 18.1 Å². The second kappa shape index (κ2) is 5.02. The van der Waals surface area contributed by atoms with Crippen LogP contribution in [0.25, 0.3) is 0 Å². The van der Waals surface area contributed by atoms with Crippen molar-refractivity contribution in [3.8, 4) is 0 Å². The van der Waals surface area contributed by atoms with Crippen molar-refractivity contribution in [2.45, 2.75) is 44.8 Å². The minimum atomic E-state index is -0.0451. The zero-order chi connectivity index (χ0) is 12.5. The summed E-state index contributed by atoms with van der Waals surface area (Å²) in [5.74, 6) is 1.11. The van der Waals surface area contributed by atoms with Gasteiger partial charge in [0.15, 0.2) is 0 Å². The van der Waals surface area contributed by atoms with Crippen LogP contribution < -0.4 is 5.32 Å². The molecule has 2 aliphatic rings. The smallest absolute Gasteiger partial charge is 0.241 e. The predicted molar refractivity (Wildman–Crippen MR) is 73.3 cm³/mol. The zero-order valence-corrected chi connectivity index (χ0v) is 11.6. The monoisotopic (exact) mass is 264 g/mol. The second-order valence-electron chi connectivity index (χ2n) is 5.46. The molecule has 4 heteroatoms. The van der Waals surface area contributed by atoms with Crippen molar-refractivity contribution in [3.63, 3.8) is 0 Å². The second-order valence-corrected chi connectivity index (χ2v) is 6.24. The van der Waals surface area contributed by atoms with Gasteiger partial charge in [-0.2, -0.15) is 11.3 Å². The van der Waals surface area contributed by atoms with Gasteiger partial charge < -0.3 is 4.90 Å². The van der Waals surface area contributed by atoms with E-state index in [1.807, 2.05) is 11.8 Å². The van der Waals surface area contributed by atoms with E-state index in [2.05, 4.69) is 22.1 Å². The summed E-state index contributed by atoms with van der Waals surface area (Å²) in [5.41, 5.74) is 1.23. The van der Waals surface area contributed by atoms with Crippen molar-refractivity contribution in [1.82, 2.24) is 10.2 Å². The number of hydrogen-bond acceptors (Lipinski definition) is 3. The minimum absolute atomic E-state index is 0.0451. The fourth-order valence-electron chi connectivity index (χ4n) is 2.82. The van der Waals surface area contributed by atoms with E-state index >= 15 is 0 Å². The first-order chi connectivity index (χ1) is 8.75. The van der Waals surface area contributed by atoms with Crippen LogP contribution >= 0.6 is 11.3 Å². The van der Waals surface area contributed by atoms with Crippen LogP contribution in [0.3, 0.4) is 0 Å². The van der Waals surface area contributed by atoms with Gasteiger partial charge in [-0.1, -0.05) is 19.3 Å². The van der Waals surface area contributed by atoms with Crippen molar-refractivity contribution in [2.24, 2.45) is 5.92 Å². The van der Waals surface area contributed by atoms with Gasteiger partial charge in [0.25, 0.3) is 0 Å². The van der Waals surface area contributed by atoms with Crippen LogP contribution in [-0.4, -0.2) is 23.4 Å². The van der Waals surface area contributed by atoms with Crippen molar-refractivity contribution < 1.29 is 4.79 Å². The maximum atomic E-state index is 12.2. The first-order valence-electron chi connectivity index (χ1n) is 6.84. The molecule has 2 unspecified atom stereocenters. The first kappa shape index (κ1) is 12.2. The quantitative estimate of drug-likeness (QED) is 0.907. The molecule has 18 heavy (non-hydrogen) atoms. The van der Waals surface area contributed by atoms with E-state index in [0.29, 0.717) is 0 Å². The Morgan fingerprint density at radius 2 is 2.33 bits per heavy atom. The van der Waals surface area contributed by atoms with Crippen molar-refractivity contribution >= 4 is 17.2 Å². The van der Waals surface area contributed by atoms with E-state index in [1.165, 1.54) is 31.2 Å². The van der Waals surface area contributed by atoms with E-state index in [4.69, 9.17) is 0 Å². The summed E-state index contributed by atoms with van der Waals surface area (Å²) in [6, 6.07) is 2.07. The Morgan fingerprint density at radius 1 is 1.50 bits per heavy atom. The van der Waals surface area contributed by atoms with E-state index < -0.39 is 0 Å². The van der Waals surface area contributed by atoms with Crippen molar-refractivity contribution in [3.05, 3.63) is 22.4 Å². The Labute approximate surface area is 112 Å². The number of carbonyl (C=O) groups excluding carboxylic acids is 1. The first-order valence-corrected chi connectivity index (χ1v) is 7.78. The highest BCUT2D eigenvalue weighted by atomic mass is 32.1. The lowest BCUT2D eigenvalue weighted by atomic mass is 9.83. The van der Waals surface area contributed by atoms with Gasteiger partial charge in [0, 0.05) is 6.54 Å². The summed E-state index contributed by atoms with van der Waals surface area (Å²) in [7, 11) is 0. The highest BCUT2D eigenvalue weighted by Crippen LogP contribution is 2.32. The molecular formula is C14H20N2OS. The Balaban J connectivity index is 1.68. The normalized spacial score (nSPS) is 28.7. The highest BCUT2D eigenvalue weighted by Gasteiger charge is 2.37. The average molecular weight is 264 g/mol. The predicted octanol–water partition coefficient (Wildman–Crippen LogP) is 2.76. The van der Waals surface area contributed by atoms with Crippen molar-refractivity contribution in [1.29, 1.82) is 0 Å². The number of nitrogens with one attached hydrogen (secondary N) is 1. The van der Waals surface area contributed by atoms with Crippen LogP contribution in [0.15, 0.2) is 16.8 Å². The maximum Gasteiger partial charge on any atom is 0.241 e. The largest absolute Gasteiger partial charge is 0.322 e. The number of thiophene rings is 1. The molecule has 2 fully saturated rings. The Kier molecular flexibility index (Phi) is 3.39. The van der Waals surface area contributed by atoms with Crippen LogP contribution in [0.4, 0.5) is 0 Å². The fourth-order valence-corrected chi connectivity index (χ4v) is 3.50. The van der Waals surface area contributed by atoms with Gasteiger partial charge in [-0.05, 0) is 41.7 Å². The molecule has 98 valence electrons. The molecule has 2 atom stereocenters. The third-order valence-electron chi connectivity index (χ3n) is 4.23. The van der Waals surface area contributed by atoms with E-state index in [9.17, 15) is 4.79 Å². The number of amides is 1. The van der Waals surface area contributed by atoms with E-state index in [1.54, 1.807) is 11.3 Å². The molecule has 3 rings (SSSR count). The Morgan fingerprint density at radius 3 is 2.94 bits per heavy atom. The number of rotatable bonds is 4. The van der Waals surface area contributed by atoms with Gasteiger partial charge in [0.1, 0.15) is 6.17 Å². The van der Waals surface area contributed by atoms with Gasteiger partial charge >= 0.3 is 0 Å². The SMILES string of the molecule is CC1NC(c2ccsc2)N(CCC2CCC2)C1=O. The van der Waals surface area contributed by atoms with Gasteiger partial charge in [-0.3, -0.25) is 10.1 Å². The molecule has 1 aliphatic heterocycles. The molecule has 1 N–H and O–H groups in total. The molecule has 1 saturated heterocycles. The summed E-state index contributed by atoms with van der Waals surface area (Å²) in [6.45, 7) is 2.87. The van der Waals surface area contributed by atoms with Crippen LogP contribution in [0, 0.1) is 5.92 Å². The van der Waals surface area contributed by atoms with Gasteiger partial charge in [0.05, 0.1) is 6.04 Å². The maximum absolute atomic E-state index is 12.2. The van der Waals surface area contributed by atoms with Gasteiger partial charge in [-0.15, -0.1) is 0 Å².